The van der Waals surface area contributed by atoms with Gasteiger partial charge in [0, 0.05) is 36.0 Å². The number of rotatable bonds is 9. The Balaban J connectivity index is 1.13. The number of methoxy groups -OCH3 is 1. The Morgan fingerprint density at radius 1 is 0.845 bits per heavy atom. The average Bonchev–Trinajstić information content (AvgIpc) is 3.17. The van der Waals surface area contributed by atoms with E-state index in [-0.39, 0.29) is 71.2 Å². The van der Waals surface area contributed by atoms with Crippen LogP contribution in [-0.2, 0) is 38.0 Å². The average molecular weight is 815 g/mol. The molecule has 0 bridgehead atoms. The zero-order chi connectivity index (χ0) is 42.0. The lowest BCUT2D eigenvalue weighted by Gasteiger charge is -2.47. The van der Waals surface area contributed by atoms with Crippen LogP contribution in [0.25, 0.3) is 0 Å². The lowest BCUT2D eigenvalue weighted by molar-refractivity contribution is -0.894. The molecule has 58 heavy (non-hydrogen) atoms. The Hall–Kier alpha value is -3.55. The first-order valence-corrected chi connectivity index (χ1v) is 20.2. The molecule has 2 aliphatic carbocycles. The highest BCUT2D eigenvalue weighted by Gasteiger charge is 2.54. The number of aliphatic hydroxyl groups is 3. The molecule has 0 amide bonds. The number of aliphatic hydroxyl groups excluding tert-OH is 2. The van der Waals surface area contributed by atoms with Crippen LogP contribution in [0.4, 0.5) is 0 Å². The van der Waals surface area contributed by atoms with Crippen LogP contribution in [0.2, 0.25) is 0 Å². The van der Waals surface area contributed by atoms with Crippen LogP contribution in [0.1, 0.15) is 121 Å². The Kier molecular flexibility index (Phi) is 12.1. The van der Waals surface area contributed by atoms with Crippen LogP contribution in [0, 0.1) is 0 Å². The molecule has 3 fully saturated rings. The van der Waals surface area contributed by atoms with E-state index in [4.69, 9.17) is 33.2 Å². The van der Waals surface area contributed by atoms with Gasteiger partial charge in [0.1, 0.15) is 35.7 Å². The number of carbonyl (C=O) groups is 3. The molecule has 0 radical (unpaired) electrons. The molecule has 0 saturated carbocycles. The smallest absolute Gasteiger partial charge is 0.316 e. The van der Waals surface area contributed by atoms with E-state index in [0.29, 0.717) is 12.8 Å². The van der Waals surface area contributed by atoms with Crippen molar-refractivity contribution in [2.45, 2.75) is 151 Å². The van der Waals surface area contributed by atoms with Crippen molar-refractivity contribution in [1.82, 2.24) is 0 Å². The second kappa shape index (κ2) is 16.5. The van der Waals surface area contributed by atoms with Gasteiger partial charge in [-0.05, 0) is 51.3 Å². The third-order valence-corrected chi connectivity index (χ3v) is 12.7. The molecular formula is C42H56NO15+. The summed E-state index contributed by atoms with van der Waals surface area (Å²) in [5.41, 5.74) is -2.44. The van der Waals surface area contributed by atoms with Gasteiger partial charge in [-0.3, -0.25) is 14.4 Å². The molecular weight excluding hydrogens is 758 g/mol. The van der Waals surface area contributed by atoms with Crippen molar-refractivity contribution in [3.8, 4) is 11.5 Å². The first-order chi connectivity index (χ1) is 27.5. The quantitative estimate of drug-likeness (QED) is 0.169. The number of phenolic OH excluding ortho intramolecular Hbond substituents is 2. The summed E-state index contributed by atoms with van der Waals surface area (Å²) >= 11 is 0. The largest absolute Gasteiger partial charge is 0.507 e. The second-order valence-corrected chi connectivity index (χ2v) is 16.6. The third-order valence-electron chi connectivity index (χ3n) is 12.7. The molecule has 0 aromatic heterocycles. The van der Waals surface area contributed by atoms with E-state index >= 15 is 0 Å². The van der Waals surface area contributed by atoms with E-state index in [1.807, 2.05) is 21.0 Å². The van der Waals surface area contributed by atoms with Crippen molar-refractivity contribution in [1.29, 1.82) is 0 Å². The number of phenols is 2. The molecule has 0 unspecified atom stereocenters. The normalized spacial score (nSPS) is 37.5. The molecule has 3 aliphatic heterocycles. The van der Waals surface area contributed by atoms with Gasteiger partial charge in [-0.15, -0.1) is 0 Å². The maximum absolute atomic E-state index is 13.9. The number of ketones is 2. The van der Waals surface area contributed by atoms with Crippen LogP contribution in [0.3, 0.4) is 0 Å². The molecule has 7 rings (SSSR count). The number of fused-ring (bicyclic) bond motifs is 3. The van der Waals surface area contributed by atoms with E-state index in [2.05, 4.69) is 0 Å². The summed E-state index contributed by atoms with van der Waals surface area (Å²) in [6.45, 7) is 7.10. The molecule has 2 aromatic rings. The second-order valence-electron chi connectivity index (χ2n) is 16.6. The number of carbonyl (C=O) groups excluding carboxylic acids is 3. The Bertz CT molecular complexity index is 1890. The number of ether oxygens (including phenoxy) is 7. The molecule has 16 nitrogen and oxygen atoms in total. The lowest BCUT2D eigenvalue weighted by Crippen LogP contribution is -3.12. The van der Waals surface area contributed by atoms with Gasteiger partial charge in [-0.2, -0.15) is 0 Å². The van der Waals surface area contributed by atoms with Crippen LogP contribution in [0.15, 0.2) is 24.3 Å². The molecule has 3 heterocycles. The number of likely N-dealkylation sites (N-methyl/N-ethyl adjacent to an activating group) is 1. The minimum atomic E-state index is -1.75. The highest BCUT2D eigenvalue weighted by atomic mass is 16.7. The van der Waals surface area contributed by atoms with E-state index < -0.39 is 102 Å². The number of nitrogens with one attached hydrogen (secondary N) is 1. The molecule has 3 saturated heterocycles. The fourth-order valence-corrected chi connectivity index (χ4v) is 9.47. The van der Waals surface area contributed by atoms with Crippen LogP contribution in [0.5, 0.6) is 11.5 Å². The summed E-state index contributed by atoms with van der Waals surface area (Å²) in [5, 5.41) is 55.9. The monoisotopic (exact) mass is 814 g/mol. The van der Waals surface area contributed by atoms with Gasteiger partial charge in [-0.1, -0.05) is 19.1 Å². The minimum Gasteiger partial charge on any atom is -0.507 e. The number of esters is 1. The fraction of sp³-hybridized carbons (Fsp3) is 0.643. The molecule has 16 heteroatoms. The Morgan fingerprint density at radius 2 is 1.50 bits per heavy atom. The predicted molar refractivity (Wildman–Crippen MR) is 201 cm³/mol. The van der Waals surface area contributed by atoms with Crippen molar-refractivity contribution < 1.29 is 78.0 Å². The fourth-order valence-electron chi connectivity index (χ4n) is 9.47. The zero-order valence-electron chi connectivity index (χ0n) is 33.9. The summed E-state index contributed by atoms with van der Waals surface area (Å²) in [4.78, 5) is 42.2. The SMILES string of the molecule is CC[C@@]1(O)C[C@H](O[C@H]2C[C@H]([NH+](C)C)[C@H](O[C@H]3C[C@H](O)[C@H](O[C@H]4CC[C@H](O)[C@H](C)O4)[C@H](C)O3)[C@H](C)O2)c2c(cc3c(c2O)C(=O)c2c(O)cccc2C3=O)[C@H]1C(=O)OC. The highest BCUT2D eigenvalue weighted by molar-refractivity contribution is 6.30. The topological polar surface area (TPSA) is 221 Å². The minimum absolute atomic E-state index is 0.0373. The van der Waals surface area contributed by atoms with Gasteiger partial charge in [0.2, 0.25) is 5.78 Å². The van der Waals surface area contributed by atoms with Crippen molar-refractivity contribution in [2.24, 2.45) is 0 Å². The Morgan fingerprint density at radius 3 is 2.14 bits per heavy atom. The van der Waals surface area contributed by atoms with E-state index in [1.165, 1.54) is 31.4 Å². The van der Waals surface area contributed by atoms with Gasteiger partial charge in [0.25, 0.3) is 0 Å². The number of aromatic hydroxyl groups is 2. The van der Waals surface area contributed by atoms with Crippen molar-refractivity contribution in [2.75, 3.05) is 21.2 Å². The molecule has 2 aromatic carbocycles. The molecule has 14 atom stereocenters. The van der Waals surface area contributed by atoms with Gasteiger partial charge in [0.15, 0.2) is 24.7 Å². The highest BCUT2D eigenvalue weighted by Crippen LogP contribution is 2.54. The lowest BCUT2D eigenvalue weighted by atomic mass is 9.67. The van der Waals surface area contributed by atoms with Crippen molar-refractivity contribution in [3.05, 3.63) is 57.6 Å². The summed E-state index contributed by atoms with van der Waals surface area (Å²) in [5.74, 6) is -4.56. The molecule has 5 aliphatic rings. The molecule has 318 valence electrons. The predicted octanol–water partition coefficient (Wildman–Crippen LogP) is 1.53. The Labute approximate surface area is 336 Å². The number of benzene rings is 2. The maximum atomic E-state index is 13.9. The van der Waals surface area contributed by atoms with Crippen molar-refractivity contribution >= 4 is 17.5 Å². The molecule has 6 N–H and O–H groups in total. The maximum Gasteiger partial charge on any atom is 0.316 e. The van der Waals surface area contributed by atoms with E-state index in [1.54, 1.807) is 20.8 Å². The van der Waals surface area contributed by atoms with Crippen LogP contribution >= 0.6 is 0 Å². The van der Waals surface area contributed by atoms with E-state index in [9.17, 15) is 39.9 Å². The molecule has 0 spiro atoms. The van der Waals surface area contributed by atoms with Gasteiger partial charge in [-0.25, -0.2) is 0 Å². The first kappa shape index (κ1) is 42.6. The number of hydrogen-bond donors (Lipinski definition) is 6. The summed E-state index contributed by atoms with van der Waals surface area (Å²) in [7, 11) is 5.10. The zero-order valence-corrected chi connectivity index (χ0v) is 33.9. The first-order valence-electron chi connectivity index (χ1n) is 20.2. The summed E-state index contributed by atoms with van der Waals surface area (Å²) < 4.78 is 42.9. The summed E-state index contributed by atoms with van der Waals surface area (Å²) in [6, 6.07) is 5.22. The number of hydrogen-bond acceptors (Lipinski definition) is 15. The van der Waals surface area contributed by atoms with Crippen LogP contribution < -0.4 is 4.90 Å². The van der Waals surface area contributed by atoms with Gasteiger partial charge < -0.3 is 63.6 Å². The van der Waals surface area contributed by atoms with Gasteiger partial charge >= 0.3 is 5.97 Å². The number of quaternary nitrogens is 1. The summed E-state index contributed by atoms with van der Waals surface area (Å²) in [6.07, 6.45) is -6.33. The van der Waals surface area contributed by atoms with Crippen molar-refractivity contribution in [3.63, 3.8) is 0 Å². The van der Waals surface area contributed by atoms with Crippen LogP contribution in [-0.4, -0.2) is 138 Å². The van der Waals surface area contributed by atoms with Gasteiger partial charge in [0.05, 0.1) is 81.0 Å². The van der Waals surface area contributed by atoms with E-state index in [0.717, 1.165) is 4.90 Å². The standard InChI is InChI=1S/C42H55NO15/c1-8-42(51)17-28(33-22(35(42)41(50)52-7)14-23-34(38(33)49)37(48)32-21(36(23)47)10-9-11-26(32)45)56-30-15-24(43(5)6)39(19(3)54-30)58-31-16-27(46)40(20(4)55-31)57-29-13-12-25(44)18(2)53-29/h9-11,14,18-20,24-25,27-31,35,39-40,44-46,49,51H,8,12-13,15-17H2,1-7H3/p+1/t18-,19-,20-,24-,25-,27-,28-,29-,30-,31-,35-,39+,40+,42+/m0/s1. The third kappa shape index (κ3) is 7.57.